The second-order valence-corrected chi connectivity index (χ2v) is 3.93. The maximum absolute atomic E-state index is 10.8. The van der Waals surface area contributed by atoms with E-state index in [4.69, 9.17) is 4.18 Å². The van der Waals surface area contributed by atoms with Crippen LogP contribution in [0.2, 0.25) is 0 Å². The number of carbonyl (C=O) groups is 1. The van der Waals surface area contributed by atoms with Gasteiger partial charge >= 0.3 is 5.97 Å². The normalized spacial score (nSPS) is 12.6. The van der Waals surface area contributed by atoms with Crippen molar-refractivity contribution >= 4 is 17.0 Å². The van der Waals surface area contributed by atoms with Crippen molar-refractivity contribution in [2.45, 2.75) is 26.4 Å². The molecule has 14 heavy (non-hydrogen) atoms. The van der Waals surface area contributed by atoms with Crippen molar-refractivity contribution in [3.8, 4) is 11.8 Å². The van der Waals surface area contributed by atoms with Crippen molar-refractivity contribution < 1.29 is 17.9 Å². The number of carbonyl (C=O) groups excluding carboxylic acids is 1. The van der Waals surface area contributed by atoms with Gasteiger partial charge in [-0.3, -0.25) is 4.18 Å². The Morgan fingerprint density at radius 1 is 1.50 bits per heavy atom. The second kappa shape index (κ2) is 5.78. The van der Waals surface area contributed by atoms with E-state index in [1.54, 1.807) is 20.8 Å². The molecule has 0 aromatic heterocycles. The summed E-state index contributed by atoms with van der Waals surface area (Å²) in [6.07, 6.45) is 1.40. The Morgan fingerprint density at radius 3 is 2.50 bits per heavy atom. The summed E-state index contributed by atoms with van der Waals surface area (Å²) in [6, 6.07) is 0. The molecule has 0 radical (unpaired) electrons. The molecular weight excluding hydrogens is 204 g/mol. The molecule has 0 bridgehead atoms. The van der Waals surface area contributed by atoms with Crippen LogP contribution in [0.1, 0.15) is 20.8 Å². The van der Waals surface area contributed by atoms with Gasteiger partial charge in [-0.1, -0.05) is 5.92 Å². The van der Waals surface area contributed by atoms with E-state index in [0.717, 1.165) is 0 Å². The highest BCUT2D eigenvalue weighted by Crippen LogP contribution is 2.08. The molecule has 0 amide bonds. The number of ether oxygens (including phenoxy) is 1. The molecule has 80 valence electrons. The van der Waals surface area contributed by atoms with Crippen LogP contribution < -0.4 is 0 Å². The lowest BCUT2D eigenvalue weighted by Gasteiger charge is -2.14. The van der Waals surface area contributed by atoms with Crippen LogP contribution in [0.4, 0.5) is 0 Å². The summed E-state index contributed by atoms with van der Waals surface area (Å²) < 4.78 is 20.3. The molecular formula is C9H14O4S. The summed E-state index contributed by atoms with van der Waals surface area (Å²) in [5.41, 5.74) is -0.910. The molecule has 0 saturated carbocycles. The molecule has 0 aliphatic rings. The number of esters is 1. The molecule has 0 rings (SSSR count). The van der Waals surface area contributed by atoms with Crippen molar-refractivity contribution in [1.82, 2.24) is 0 Å². The molecule has 5 heteroatoms. The van der Waals surface area contributed by atoms with Gasteiger partial charge in [-0.25, -0.2) is 9.00 Å². The van der Waals surface area contributed by atoms with Crippen molar-refractivity contribution in [3.05, 3.63) is 0 Å². The fraction of sp³-hybridized carbons (Fsp3) is 0.667. The average Bonchev–Trinajstić information content (AvgIpc) is 1.99. The van der Waals surface area contributed by atoms with Gasteiger partial charge in [0.25, 0.3) is 0 Å². The summed E-state index contributed by atoms with van der Waals surface area (Å²) in [6.45, 7) is 5.23. The lowest BCUT2D eigenvalue weighted by molar-refractivity contribution is -0.136. The van der Waals surface area contributed by atoms with Crippen LogP contribution in [0.15, 0.2) is 0 Å². The lowest BCUT2D eigenvalue weighted by Crippen LogP contribution is -2.23. The summed E-state index contributed by atoms with van der Waals surface area (Å²) >= 11 is -1.41. The van der Waals surface area contributed by atoms with Crippen LogP contribution in [0.25, 0.3) is 0 Å². The fourth-order valence-corrected chi connectivity index (χ4v) is 1.31. The average molecular weight is 218 g/mol. The topological polar surface area (TPSA) is 52.6 Å². The minimum Gasteiger partial charge on any atom is -0.456 e. The smallest absolute Gasteiger partial charge is 0.384 e. The van der Waals surface area contributed by atoms with Gasteiger partial charge in [0.2, 0.25) is 0 Å². The SMILES string of the molecule is CCOC(=O)C#CC(C)(C)OS(C)=O. The monoisotopic (exact) mass is 218 g/mol. The molecule has 1 unspecified atom stereocenters. The highest BCUT2D eigenvalue weighted by atomic mass is 32.2. The maximum Gasteiger partial charge on any atom is 0.384 e. The second-order valence-electron chi connectivity index (χ2n) is 2.97. The first-order valence-electron chi connectivity index (χ1n) is 4.10. The highest BCUT2D eigenvalue weighted by molar-refractivity contribution is 7.79. The largest absolute Gasteiger partial charge is 0.456 e. The maximum atomic E-state index is 10.8. The van der Waals surface area contributed by atoms with E-state index in [1.165, 1.54) is 6.26 Å². The first-order chi connectivity index (χ1) is 6.37. The van der Waals surface area contributed by atoms with Gasteiger partial charge in [-0.15, -0.1) is 0 Å². The highest BCUT2D eigenvalue weighted by Gasteiger charge is 2.17. The molecule has 0 aromatic rings. The van der Waals surface area contributed by atoms with Crippen molar-refractivity contribution in [2.24, 2.45) is 0 Å². The Hall–Kier alpha value is -0.860. The zero-order valence-electron chi connectivity index (χ0n) is 8.75. The van der Waals surface area contributed by atoms with E-state index in [1.807, 2.05) is 0 Å². The van der Waals surface area contributed by atoms with E-state index >= 15 is 0 Å². The van der Waals surface area contributed by atoms with E-state index < -0.39 is 22.7 Å². The predicted molar refractivity (Wildman–Crippen MR) is 53.6 cm³/mol. The van der Waals surface area contributed by atoms with Gasteiger partial charge in [0.05, 0.1) is 6.61 Å². The van der Waals surface area contributed by atoms with Crippen LogP contribution in [0.5, 0.6) is 0 Å². The number of hydrogen-bond donors (Lipinski definition) is 0. The molecule has 1 atom stereocenters. The van der Waals surface area contributed by atoms with Crippen molar-refractivity contribution in [1.29, 1.82) is 0 Å². The molecule has 4 nitrogen and oxygen atoms in total. The van der Waals surface area contributed by atoms with Gasteiger partial charge in [-0.05, 0) is 20.8 Å². The quantitative estimate of drug-likeness (QED) is 0.396. The third kappa shape index (κ3) is 6.63. The zero-order valence-corrected chi connectivity index (χ0v) is 9.56. The Morgan fingerprint density at radius 2 is 2.07 bits per heavy atom. The molecule has 0 aliphatic heterocycles. The zero-order chi connectivity index (χ0) is 11.2. The van der Waals surface area contributed by atoms with Gasteiger partial charge < -0.3 is 4.74 Å². The van der Waals surface area contributed by atoms with Crippen LogP contribution in [0.3, 0.4) is 0 Å². The van der Waals surface area contributed by atoms with E-state index in [0.29, 0.717) is 0 Å². The van der Waals surface area contributed by atoms with Crippen LogP contribution in [0, 0.1) is 11.8 Å². The Balaban J connectivity index is 4.32. The van der Waals surface area contributed by atoms with Gasteiger partial charge in [0, 0.05) is 12.2 Å². The molecule has 0 N–H and O–H groups in total. The number of hydrogen-bond acceptors (Lipinski definition) is 4. The third-order valence-electron chi connectivity index (χ3n) is 1.07. The summed E-state index contributed by atoms with van der Waals surface area (Å²) in [5.74, 6) is 4.19. The third-order valence-corrected chi connectivity index (χ3v) is 1.72. The van der Waals surface area contributed by atoms with E-state index in [-0.39, 0.29) is 6.61 Å². The summed E-state index contributed by atoms with van der Waals surface area (Å²) in [5, 5.41) is 0. The predicted octanol–water partition coefficient (Wildman–Crippen LogP) is 0.642. The summed E-state index contributed by atoms with van der Waals surface area (Å²) in [7, 11) is 0. The summed E-state index contributed by atoms with van der Waals surface area (Å²) in [4.78, 5) is 10.8. The minimum atomic E-state index is -1.41. The molecule has 0 fully saturated rings. The van der Waals surface area contributed by atoms with Crippen LogP contribution in [-0.2, 0) is 24.8 Å². The Bertz CT molecular complexity index is 285. The van der Waals surface area contributed by atoms with Gasteiger partial charge in [0.15, 0.2) is 11.1 Å². The lowest BCUT2D eigenvalue weighted by atomic mass is 10.1. The van der Waals surface area contributed by atoms with Crippen molar-refractivity contribution in [3.63, 3.8) is 0 Å². The standard InChI is InChI=1S/C9H14O4S/c1-5-12-8(10)6-7-9(2,3)13-14(4)11/h5H2,1-4H3. The molecule has 0 spiro atoms. The first kappa shape index (κ1) is 13.1. The van der Waals surface area contributed by atoms with Gasteiger partial charge in [0.1, 0.15) is 5.60 Å². The fourth-order valence-electron chi connectivity index (χ4n) is 0.683. The van der Waals surface area contributed by atoms with Gasteiger partial charge in [-0.2, -0.15) is 0 Å². The van der Waals surface area contributed by atoms with Crippen molar-refractivity contribution in [2.75, 3.05) is 12.9 Å². The molecule has 0 aliphatic carbocycles. The molecule has 0 heterocycles. The Labute approximate surface area is 86.6 Å². The Kier molecular flexibility index (Phi) is 5.43. The molecule has 0 aromatic carbocycles. The van der Waals surface area contributed by atoms with Crippen LogP contribution >= 0.6 is 0 Å². The van der Waals surface area contributed by atoms with E-state index in [2.05, 4.69) is 16.6 Å². The van der Waals surface area contributed by atoms with E-state index in [9.17, 15) is 9.00 Å². The first-order valence-corrected chi connectivity index (χ1v) is 5.58. The minimum absolute atomic E-state index is 0.286. The van der Waals surface area contributed by atoms with Crippen LogP contribution in [-0.4, -0.2) is 28.6 Å². The number of rotatable bonds is 3. The molecule has 0 saturated heterocycles.